The molecule has 1 aromatic carbocycles. The second-order valence-corrected chi connectivity index (χ2v) is 4.86. The molecule has 14 heavy (non-hydrogen) atoms. The van der Waals surface area contributed by atoms with Crippen LogP contribution in [0.2, 0.25) is 0 Å². The van der Waals surface area contributed by atoms with Crippen molar-refractivity contribution in [1.82, 2.24) is 0 Å². The molecule has 0 unspecified atom stereocenters. The predicted molar refractivity (Wildman–Crippen MR) is 61.0 cm³/mol. The molecule has 0 heterocycles. The van der Waals surface area contributed by atoms with Gasteiger partial charge in [-0.3, -0.25) is 0 Å². The fourth-order valence-corrected chi connectivity index (χ4v) is 1.58. The zero-order chi connectivity index (χ0) is 10.4. The molecule has 0 aliphatic carbocycles. The van der Waals surface area contributed by atoms with Gasteiger partial charge in [-0.25, -0.2) is 0 Å². The van der Waals surface area contributed by atoms with Crippen molar-refractivity contribution in [2.24, 2.45) is 0 Å². The third kappa shape index (κ3) is 5.03. The average molecular weight is 192 g/mol. The molecule has 1 aromatic rings. The number of benzene rings is 1. The molecule has 1 rings (SSSR count). The normalized spacial score (nSPS) is 11.6. The van der Waals surface area contributed by atoms with E-state index in [2.05, 4.69) is 49.9 Å². The molecule has 0 aliphatic heterocycles. The smallest absolute Gasteiger partial charge is 0.0889 e. The lowest BCUT2D eigenvalue weighted by molar-refractivity contribution is -0.467. The number of unbranched alkanes of at least 4 members (excludes halogenated alkanes) is 1. The quantitative estimate of drug-likeness (QED) is 0.694. The Balaban J connectivity index is 2.17. The minimum atomic E-state index is 0.247. The van der Waals surface area contributed by atoms with Crippen LogP contribution in [-0.2, 0) is 6.42 Å². The van der Waals surface area contributed by atoms with Crippen LogP contribution in [0, 0.1) is 0 Å². The summed E-state index contributed by atoms with van der Waals surface area (Å²) >= 11 is 0. The van der Waals surface area contributed by atoms with E-state index in [4.69, 9.17) is 0 Å². The monoisotopic (exact) mass is 192 g/mol. The summed E-state index contributed by atoms with van der Waals surface area (Å²) < 4.78 is 0. The van der Waals surface area contributed by atoms with Crippen molar-refractivity contribution in [2.45, 2.75) is 45.1 Å². The number of rotatable bonds is 5. The molecule has 0 aliphatic rings. The van der Waals surface area contributed by atoms with Gasteiger partial charge in [0, 0.05) is 6.42 Å². The third-order valence-corrected chi connectivity index (χ3v) is 2.41. The summed E-state index contributed by atoms with van der Waals surface area (Å²) in [6.07, 6.45) is 4.99. The highest BCUT2D eigenvalue weighted by Gasteiger charge is 2.13. The van der Waals surface area contributed by atoms with Crippen molar-refractivity contribution in [3.8, 4) is 0 Å². The maximum atomic E-state index is 4.11. The lowest BCUT2D eigenvalue weighted by Gasteiger charge is -2.13. The number of hydrogen-bond donors (Lipinski definition) is 1. The van der Waals surface area contributed by atoms with E-state index in [1.807, 2.05) is 0 Å². The topological polar surface area (TPSA) is 27.6 Å². The van der Waals surface area contributed by atoms with E-state index >= 15 is 0 Å². The number of quaternary nitrogens is 1. The summed E-state index contributed by atoms with van der Waals surface area (Å²) in [5.41, 5.74) is 5.81. The molecule has 0 atom stereocenters. The van der Waals surface area contributed by atoms with Crippen LogP contribution in [0.4, 0.5) is 0 Å². The summed E-state index contributed by atoms with van der Waals surface area (Å²) in [5.74, 6) is 0. The summed E-state index contributed by atoms with van der Waals surface area (Å²) in [5, 5.41) is 0. The van der Waals surface area contributed by atoms with Crippen LogP contribution in [0.1, 0.15) is 38.7 Å². The van der Waals surface area contributed by atoms with Gasteiger partial charge >= 0.3 is 0 Å². The van der Waals surface area contributed by atoms with Gasteiger partial charge < -0.3 is 5.73 Å². The molecule has 0 saturated heterocycles. The molecular weight excluding hydrogens is 170 g/mol. The number of aryl methyl sites for hydroxylation is 1. The van der Waals surface area contributed by atoms with Gasteiger partial charge in [0.1, 0.15) is 0 Å². The van der Waals surface area contributed by atoms with E-state index in [0.717, 1.165) is 0 Å². The summed E-state index contributed by atoms with van der Waals surface area (Å²) in [6.45, 7) is 4.41. The Labute approximate surface area is 87.3 Å². The molecule has 0 aromatic heterocycles. The minimum Gasteiger partial charge on any atom is -0.353 e. The third-order valence-electron chi connectivity index (χ3n) is 2.41. The van der Waals surface area contributed by atoms with Gasteiger partial charge in [0.15, 0.2) is 0 Å². The van der Waals surface area contributed by atoms with Crippen molar-refractivity contribution in [3.63, 3.8) is 0 Å². The van der Waals surface area contributed by atoms with Gasteiger partial charge in [0.05, 0.1) is 5.54 Å². The first kappa shape index (κ1) is 11.3. The predicted octanol–water partition coefficient (Wildman–Crippen LogP) is 2.42. The van der Waals surface area contributed by atoms with E-state index in [9.17, 15) is 0 Å². The first-order valence-corrected chi connectivity index (χ1v) is 5.47. The highest BCUT2D eigenvalue weighted by atomic mass is 14.7. The van der Waals surface area contributed by atoms with Gasteiger partial charge in [0.2, 0.25) is 0 Å². The SMILES string of the molecule is CC(C)([NH3+])CCCCc1ccccc1. The van der Waals surface area contributed by atoms with Crippen molar-refractivity contribution in [3.05, 3.63) is 35.9 Å². The van der Waals surface area contributed by atoms with Crippen molar-refractivity contribution in [2.75, 3.05) is 0 Å². The highest BCUT2D eigenvalue weighted by Crippen LogP contribution is 2.10. The summed E-state index contributed by atoms with van der Waals surface area (Å²) in [6, 6.07) is 10.7. The Bertz CT molecular complexity index is 246. The molecule has 0 amide bonds. The zero-order valence-corrected chi connectivity index (χ0v) is 9.42. The van der Waals surface area contributed by atoms with E-state index in [1.54, 1.807) is 0 Å². The lowest BCUT2D eigenvalue weighted by atomic mass is 9.97. The average Bonchev–Trinajstić information content (AvgIpc) is 2.13. The summed E-state index contributed by atoms with van der Waals surface area (Å²) in [7, 11) is 0. The molecule has 1 heteroatoms. The van der Waals surface area contributed by atoms with E-state index in [0.29, 0.717) is 0 Å². The van der Waals surface area contributed by atoms with Crippen LogP contribution in [0.5, 0.6) is 0 Å². The van der Waals surface area contributed by atoms with Crippen LogP contribution in [-0.4, -0.2) is 5.54 Å². The van der Waals surface area contributed by atoms with E-state index in [1.165, 1.54) is 31.2 Å². The molecule has 0 spiro atoms. The van der Waals surface area contributed by atoms with E-state index < -0.39 is 0 Å². The van der Waals surface area contributed by atoms with Crippen LogP contribution in [0.3, 0.4) is 0 Å². The van der Waals surface area contributed by atoms with Gasteiger partial charge in [-0.05, 0) is 38.7 Å². The maximum absolute atomic E-state index is 4.11. The van der Waals surface area contributed by atoms with Gasteiger partial charge in [0.25, 0.3) is 0 Å². The molecule has 0 radical (unpaired) electrons. The Kier molecular flexibility index (Phi) is 4.15. The Morgan fingerprint density at radius 3 is 2.29 bits per heavy atom. The van der Waals surface area contributed by atoms with Crippen molar-refractivity contribution < 1.29 is 5.73 Å². The van der Waals surface area contributed by atoms with Gasteiger partial charge in [-0.15, -0.1) is 0 Å². The molecule has 3 N–H and O–H groups in total. The van der Waals surface area contributed by atoms with Crippen LogP contribution < -0.4 is 5.73 Å². The zero-order valence-electron chi connectivity index (χ0n) is 9.42. The minimum absolute atomic E-state index is 0.247. The van der Waals surface area contributed by atoms with Crippen LogP contribution >= 0.6 is 0 Å². The largest absolute Gasteiger partial charge is 0.353 e. The molecule has 78 valence electrons. The summed E-state index contributed by atoms with van der Waals surface area (Å²) in [4.78, 5) is 0. The maximum Gasteiger partial charge on any atom is 0.0889 e. The number of hydrogen-bond acceptors (Lipinski definition) is 0. The standard InChI is InChI=1S/C13H21N/c1-13(2,14)11-7-6-10-12-8-4-3-5-9-12/h3-5,8-9H,6-7,10-11,14H2,1-2H3/p+1. The van der Waals surface area contributed by atoms with Gasteiger partial charge in [-0.2, -0.15) is 0 Å². The second-order valence-electron chi connectivity index (χ2n) is 4.86. The van der Waals surface area contributed by atoms with Crippen molar-refractivity contribution >= 4 is 0 Å². The second kappa shape index (κ2) is 5.16. The Morgan fingerprint density at radius 2 is 1.71 bits per heavy atom. The van der Waals surface area contributed by atoms with E-state index in [-0.39, 0.29) is 5.54 Å². The van der Waals surface area contributed by atoms with Crippen LogP contribution in [0.15, 0.2) is 30.3 Å². The van der Waals surface area contributed by atoms with Gasteiger partial charge in [-0.1, -0.05) is 30.3 Å². The molecule has 0 fully saturated rings. The molecule has 0 saturated carbocycles. The Morgan fingerprint density at radius 1 is 1.07 bits per heavy atom. The Hall–Kier alpha value is -0.820. The fraction of sp³-hybridized carbons (Fsp3) is 0.538. The first-order chi connectivity index (χ1) is 6.58. The molecule has 1 nitrogen and oxygen atoms in total. The fourth-order valence-electron chi connectivity index (χ4n) is 1.58. The first-order valence-electron chi connectivity index (χ1n) is 5.47. The van der Waals surface area contributed by atoms with Crippen molar-refractivity contribution in [1.29, 1.82) is 0 Å². The molecular formula is C13H22N+. The van der Waals surface area contributed by atoms with Crippen LogP contribution in [0.25, 0.3) is 0 Å². The lowest BCUT2D eigenvalue weighted by Crippen LogP contribution is -2.68. The highest BCUT2D eigenvalue weighted by molar-refractivity contribution is 5.14. The molecule has 0 bridgehead atoms.